The molecule has 3 fully saturated rings. The Morgan fingerprint density at radius 3 is 2.48 bits per heavy atom. The molecule has 0 aromatic rings. The Kier molecular flexibility index (Phi) is 8.34. The van der Waals surface area contributed by atoms with Gasteiger partial charge in [-0.2, -0.15) is 13.2 Å². The van der Waals surface area contributed by atoms with Crippen LogP contribution >= 0.6 is 0 Å². The van der Waals surface area contributed by atoms with Gasteiger partial charge in [0.15, 0.2) is 0 Å². The summed E-state index contributed by atoms with van der Waals surface area (Å²) in [6.07, 6.45) is 2.85. The van der Waals surface area contributed by atoms with E-state index in [0.717, 1.165) is 57.7 Å². The van der Waals surface area contributed by atoms with Crippen molar-refractivity contribution in [3.8, 4) is 0 Å². The number of aliphatic carboxylic acids is 1. The Morgan fingerprint density at radius 2 is 1.93 bits per heavy atom. The van der Waals surface area contributed by atoms with Crippen LogP contribution in [0.1, 0.15) is 58.8 Å². The summed E-state index contributed by atoms with van der Waals surface area (Å²) in [4.78, 5) is 26.2. The van der Waals surface area contributed by atoms with Gasteiger partial charge in [-0.25, -0.2) is 4.79 Å². The molecule has 1 N–H and O–H groups in total. The molecule has 3 heterocycles. The number of rotatable bonds is 4. The minimum absolute atomic E-state index is 0.134. The van der Waals surface area contributed by atoms with Crippen LogP contribution in [0.3, 0.4) is 0 Å². The quantitative estimate of drug-likeness (QED) is 0.753. The molecule has 168 valence electrons. The molecule has 0 radical (unpaired) electrons. The lowest BCUT2D eigenvalue weighted by Gasteiger charge is -2.39. The Labute approximate surface area is 170 Å². The van der Waals surface area contributed by atoms with Crippen LogP contribution in [-0.4, -0.2) is 77.4 Å². The molecule has 3 rings (SSSR count). The van der Waals surface area contributed by atoms with Crippen molar-refractivity contribution in [1.82, 2.24) is 9.80 Å². The Hall–Kier alpha value is -1.35. The zero-order valence-corrected chi connectivity index (χ0v) is 17.3. The van der Waals surface area contributed by atoms with E-state index in [4.69, 9.17) is 14.6 Å². The van der Waals surface area contributed by atoms with E-state index in [1.807, 2.05) is 0 Å². The summed E-state index contributed by atoms with van der Waals surface area (Å²) in [6, 6.07) is 0. The second kappa shape index (κ2) is 10.1. The number of halogens is 3. The molecule has 0 aromatic heterocycles. The fourth-order valence-corrected chi connectivity index (χ4v) is 4.62. The van der Waals surface area contributed by atoms with E-state index in [9.17, 15) is 18.0 Å². The summed E-state index contributed by atoms with van der Waals surface area (Å²) in [7, 11) is 0. The van der Waals surface area contributed by atoms with Crippen molar-refractivity contribution in [1.29, 1.82) is 0 Å². The Balaban J connectivity index is 0.000000370. The van der Waals surface area contributed by atoms with Crippen molar-refractivity contribution in [3.63, 3.8) is 0 Å². The predicted molar refractivity (Wildman–Crippen MR) is 101 cm³/mol. The smallest absolute Gasteiger partial charge is 0.475 e. The lowest BCUT2D eigenvalue weighted by molar-refractivity contribution is -0.192. The molecule has 0 aromatic carbocycles. The summed E-state index contributed by atoms with van der Waals surface area (Å²) < 4.78 is 37.5. The fourth-order valence-electron chi connectivity index (χ4n) is 4.62. The minimum Gasteiger partial charge on any atom is -0.475 e. The van der Waals surface area contributed by atoms with Crippen LogP contribution in [0.2, 0.25) is 0 Å². The molecule has 0 bridgehead atoms. The lowest BCUT2D eigenvalue weighted by atomic mass is 9.87. The molecule has 2 unspecified atom stereocenters. The highest BCUT2D eigenvalue weighted by molar-refractivity contribution is 5.79. The zero-order chi connectivity index (χ0) is 21.7. The molecule has 3 saturated heterocycles. The number of carboxylic acids is 1. The Bertz CT molecular complexity index is 564. The van der Waals surface area contributed by atoms with Crippen LogP contribution in [0.4, 0.5) is 13.2 Å². The second-order valence-corrected chi connectivity index (χ2v) is 8.71. The third kappa shape index (κ3) is 6.84. The Morgan fingerprint density at radius 1 is 1.24 bits per heavy atom. The number of carbonyl (C=O) groups is 2. The fraction of sp³-hybridized carbons (Fsp3) is 0.900. The first-order valence-electron chi connectivity index (χ1n) is 10.5. The van der Waals surface area contributed by atoms with Crippen molar-refractivity contribution >= 4 is 11.9 Å². The van der Waals surface area contributed by atoms with Gasteiger partial charge in [0, 0.05) is 38.2 Å². The number of likely N-dealkylation sites (tertiary alicyclic amines) is 2. The SMILES string of the molecule is CC(C)CN1CCCC2(CCC(=O)N2CC2CCCO2)CC1.O=C(O)C(F)(F)F. The van der Waals surface area contributed by atoms with Gasteiger partial charge in [0.25, 0.3) is 0 Å². The van der Waals surface area contributed by atoms with E-state index >= 15 is 0 Å². The minimum atomic E-state index is -5.08. The van der Waals surface area contributed by atoms with Gasteiger partial charge in [0.2, 0.25) is 5.91 Å². The van der Waals surface area contributed by atoms with Crippen LogP contribution in [0.15, 0.2) is 0 Å². The van der Waals surface area contributed by atoms with Crippen molar-refractivity contribution < 1.29 is 32.6 Å². The first-order chi connectivity index (χ1) is 13.5. The third-order valence-electron chi connectivity index (χ3n) is 5.96. The number of hydrogen-bond donors (Lipinski definition) is 1. The van der Waals surface area contributed by atoms with E-state index in [1.54, 1.807) is 0 Å². The normalized spacial score (nSPS) is 28.6. The number of carbonyl (C=O) groups excluding carboxylic acids is 1. The topological polar surface area (TPSA) is 70.1 Å². The van der Waals surface area contributed by atoms with Crippen molar-refractivity contribution in [2.24, 2.45) is 5.92 Å². The highest BCUT2D eigenvalue weighted by Crippen LogP contribution is 2.40. The van der Waals surface area contributed by atoms with E-state index in [-0.39, 0.29) is 11.6 Å². The molecule has 2 atom stereocenters. The van der Waals surface area contributed by atoms with Crippen LogP contribution in [0.25, 0.3) is 0 Å². The first-order valence-corrected chi connectivity index (χ1v) is 10.5. The number of amides is 1. The number of nitrogens with zero attached hydrogens (tertiary/aromatic N) is 2. The van der Waals surface area contributed by atoms with E-state index in [2.05, 4.69) is 23.6 Å². The molecule has 0 aliphatic carbocycles. The third-order valence-corrected chi connectivity index (χ3v) is 5.96. The van der Waals surface area contributed by atoms with Gasteiger partial charge < -0.3 is 19.6 Å². The van der Waals surface area contributed by atoms with Crippen molar-refractivity contribution in [2.75, 3.05) is 32.8 Å². The summed E-state index contributed by atoms with van der Waals surface area (Å²) >= 11 is 0. The summed E-state index contributed by atoms with van der Waals surface area (Å²) in [6.45, 7) is 9.84. The average molecular weight is 422 g/mol. The molecule has 1 spiro atoms. The highest BCUT2D eigenvalue weighted by Gasteiger charge is 2.46. The number of ether oxygens (including phenoxy) is 1. The maximum atomic E-state index is 12.5. The average Bonchev–Trinajstić information content (AvgIpc) is 3.17. The van der Waals surface area contributed by atoms with Gasteiger partial charge in [-0.1, -0.05) is 13.8 Å². The van der Waals surface area contributed by atoms with E-state index < -0.39 is 12.1 Å². The monoisotopic (exact) mass is 422 g/mol. The van der Waals surface area contributed by atoms with Crippen molar-refractivity contribution in [2.45, 2.75) is 76.6 Å². The van der Waals surface area contributed by atoms with Crippen LogP contribution < -0.4 is 0 Å². The van der Waals surface area contributed by atoms with E-state index in [1.165, 1.54) is 25.9 Å². The van der Waals surface area contributed by atoms with Crippen LogP contribution in [-0.2, 0) is 14.3 Å². The highest BCUT2D eigenvalue weighted by atomic mass is 19.4. The molecular formula is C20H33F3N2O4. The maximum absolute atomic E-state index is 12.5. The molecule has 0 saturated carbocycles. The van der Waals surface area contributed by atoms with Gasteiger partial charge in [-0.05, 0) is 51.0 Å². The largest absolute Gasteiger partial charge is 0.490 e. The van der Waals surface area contributed by atoms with Crippen LogP contribution in [0.5, 0.6) is 0 Å². The van der Waals surface area contributed by atoms with Gasteiger partial charge in [-0.3, -0.25) is 4.79 Å². The molecular weight excluding hydrogens is 389 g/mol. The van der Waals surface area contributed by atoms with Crippen LogP contribution in [0, 0.1) is 5.92 Å². The zero-order valence-electron chi connectivity index (χ0n) is 17.3. The summed E-state index contributed by atoms with van der Waals surface area (Å²) in [5.41, 5.74) is 0.134. The van der Waals surface area contributed by atoms with Gasteiger partial charge in [0.1, 0.15) is 0 Å². The standard InChI is InChI=1S/C18H32N2O2.C2HF3O2/c1-15(2)13-19-10-4-7-18(9-11-19)8-6-17(21)20(18)14-16-5-3-12-22-16;3-2(4,5)1(6)7/h15-16H,3-14H2,1-2H3;(H,6,7). The second-order valence-electron chi connectivity index (χ2n) is 8.71. The predicted octanol–water partition coefficient (Wildman–Crippen LogP) is 3.30. The van der Waals surface area contributed by atoms with Crippen molar-refractivity contribution in [3.05, 3.63) is 0 Å². The molecule has 1 amide bonds. The first kappa shape index (κ1) is 23.9. The van der Waals surface area contributed by atoms with Gasteiger partial charge in [-0.15, -0.1) is 0 Å². The summed E-state index contributed by atoms with van der Waals surface area (Å²) in [5.74, 6) is -1.66. The lowest BCUT2D eigenvalue weighted by Crippen LogP contribution is -2.49. The van der Waals surface area contributed by atoms with Gasteiger partial charge >= 0.3 is 12.1 Å². The molecule has 3 aliphatic rings. The molecule has 3 aliphatic heterocycles. The number of hydrogen-bond acceptors (Lipinski definition) is 4. The molecule has 29 heavy (non-hydrogen) atoms. The maximum Gasteiger partial charge on any atom is 0.490 e. The number of carboxylic acid groups (broad SMARTS) is 1. The summed E-state index contributed by atoms with van der Waals surface area (Å²) in [5, 5.41) is 7.12. The number of alkyl halides is 3. The molecule has 9 heteroatoms. The van der Waals surface area contributed by atoms with E-state index in [0.29, 0.717) is 5.91 Å². The van der Waals surface area contributed by atoms with Gasteiger partial charge in [0.05, 0.1) is 6.10 Å². The molecule has 6 nitrogen and oxygen atoms in total.